The first-order valence-electron chi connectivity index (χ1n) is 9.22. The van der Waals surface area contributed by atoms with Crippen LogP contribution in [0, 0.1) is 17.9 Å². The lowest BCUT2D eigenvalue weighted by Crippen LogP contribution is -2.06. The van der Waals surface area contributed by atoms with Crippen molar-refractivity contribution in [2.45, 2.75) is 10.8 Å². The Hall–Kier alpha value is -3.17. The molecule has 152 valence electrons. The molecule has 2 aromatic heterocycles. The van der Waals surface area contributed by atoms with Crippen molar-refractivity contribution < 1.29 is 0 Å². The maximum Gasteiger partial charge on any atom is 0.238 e. The fraction of sp³-hybridized carbons (Fsp3) is 0.136. The zero-order valence-corrected chi connectivity index (χ0v) is 18.8. The molecule has 6 nitrogen and oxygen atoms in total. The highest BCUT2D eigenvalue weighted by Crippen LogP contribution is 2.38. The summed E-state index contributed by atoms with van der Waals surface area (Å²) >= 11 is 8.95. The fourth-order valence-corrected chi connectivity index (χ4v) is 5.00. The number of allylic oxidation sites excluding steroid dienone is 1. The van der Waals surface area contributed by atoms with Crippen LogP contribution in [0.4, 0.5) is 11.5 Å². The molecule has 4 rings (SSSR count). The Kier molecular flexibility index (Phi) is 6.34. The molecule has 0 unspecified atom stereocenters. The highest BCUT2D eigenvalue weighted by atomic mass is 35.5. The van der Waals surface area contributed by atoms with Crippen molar-refractivity contribution in [3.63, 3.8) is 0 Å². The largest absolute Gasteiger partial charge is 0.382 e. The van der Waals surface area contributed by atoms with Crippen molar-refractivity contribution in [1.82, 2.24) is 9.97 Å². The van der Waals surface area contributed by atoms with Gasteiger partial charge in [-0.2, -0.15) is 5.26 Å². The molecule has 1 aliphatic rings. The molecule has 0 saturated carbocycles. The van der Waals surface area contributed by atoms with Crippen LogP contribution in [-0.2, 0) is 5.75 Å². The van der Waals surface area contributed by atoms with Crippen LogP contribution in [0.25, 0.3) is 15.4 Å². The molecule has 0 atom stereocenters. The third kappa shape index (κ3) is 4.33. The quantitative estimate of drug-likeness (QED) is 0.360. The van der Waals surface area contributed by atoms with Crippen LogP contribution in [-0.4, -0.2) is 29.3 Å². The van der Waals surface area contributed by atoms with Crippen molar-refractivity contribution in [3.8, 4) is 16.6 Å². The third-order valence-corrected chi connectivity index (χ3v) is 6.70. The number of thioether (sulfide) groups is 1. The average Bonchev–Trinajstić information content (AvgIpc) is 3.49. The minimum atomic E-state index is 0.312. The molecule has 1 N–H and O–H groups in total. The first-order chi connectivity index (χ1) is 15.1. The highest BCUT2D eigenvalue weighted by Gasteiger charge is 2.23. The van der Waals surface area contributed by atoms with Crippen LogP contribution in [0.2, 0.25) is 5.02 Å². The first kappa shape index (κ1) is 21.1. The van der Waals surface area contributed by atoms with Crippen molar-refractivity contribution in [1.29, 1.82) is 5.26 Å². The molecule has 0 aliphatic carbocycles. The van der Waals surface area contributed by atoms with Gasteiger partial charge in [-0.3, -0.25) is 4.99 Å². The first-order valence-corrected chi connectivity index (χ1v) is 11.5. The van der Waals surface area contributed by atoms with E-state index in [9.17, 15) is 5.26 Å². The molecule has 0 fully saturated rings. The smallest absolute Gasteiger partial charge is 0.238 e. The van der Waals surface area contributed by atoms with Crippen LogP contribution in [0.1, 0.15) is 16.8 Å². The van der Waals surface area contributed by atoms with Crippen molar-refractivity contribution in [3.05, 3.63) is 75.1 Å². The minimum Gasteiger partial charge on any atom is -0.382 e. The number of pyridine rings is 1. The molecule has 9 heteroatoms. The van der Waals surface area contributed by atoms with Crippen LogP contribution in [0.15, 0.2) is 51.8 Å². The highest BCUT2D eigenvalue weighted by molar-refractivity contribution is 7.98. The van der Waals surface area contributed by atoms with E-state index < -0.39 is 0 Å². The van der Waals surface area contributed by atoms with Gasteiger partial charge in [-0.25, -0.2) is 14.8 Å². The van der Waals surface area contributed by atoms with Crippen LogP contribution in [0.3, 0.4) is 0 Å². The van der Waals surface area contributed by atoms with E-state index in [4.69, 9.17) is 23.2 Å². The van der Waals surface area contributed by atoms with Crippen molar-refractivity contribution >= 4 is 51.9 Å². The van der Waals surface area contributed by atoms with Gasteiger partial charge < -0.3 is 5.32 Å². The standard InChI is InChI=1S/C22H15ClN6S2/c1-25-19-18(17-4-3-9-27-17)16(10-24)22(29-20(19)26-2)31-12-15-11-30-21(28-15)13-5-7-14(23)8-6-13/h3-8,11H,9,12H2,2H3,(H,26,29). The molecule has 31 heavy (non-hydrogen) atoms. The zero-order valence-electron chi connectivity index (χ0n) is 16.4. The van der Waals surface area contributed by atoms with E-state index in [-0.39, 0.29) is 0 Å². The molecule has 0 radical (unpaired) electrons. The number of nitriles is 1. The predicted octanol–water partition coefficient (Wildman–Crippen LogP) is 5.97. The maximum absolute atomic E-state index is 9.89. The summed E-state index contributed by atoms with van der Waals surface area (Å²) in [5, 5.41) is 17.0. The van der Waals surface area contributed by atoms with E-state index in [1.54, 1.807) is 18.4 Å². The summed E-state index contributed by atoms with van der Waals surface area (Å²) in [5.74, 6) is 0.989. The van der Waals surface area contributed by atoms with Crippen molar-refractivity contribution in [2.75, 3.05) is 18.9 Å². The molecule has 0 spiro atoms. The molecule has 0 saturated heterocycles. The molecule has 3 heterocycles. The summed E-state index contributed by atoms with van der Waals surface area (Å²) in [6.07, 6.45) is 3.75. The number of nitrogens with one attached hydrogen (secondary N) is 1. The van der Waals surface area contributed by atoms with Gasteiger partial charge in [0.2, 0.25) is 5.69 Å². The Bertz CT molecular complexity index is 1280. The van der Waals surface area contributed by atoms with Gasteiger partial charge >= 0.3 is 0 Å². The Balaban J connectivity index is 1.65. The monoisotopic (exact) mass is 462 g/mol. The van der Waals surface area contributed by atoms with Gasteiger partial charge in [0.25, 0.3) is 0 Å². The molecular weight excluding hydrogens is 448 g/mol. The van der Waals surface area contributed by atoms with E-state index in [0.29, 0.717) is 50.7 Å². The summed E-state index contributed by atoms with van der Waals surface area (Å²) < 4.78 is 0. The SMILES string of the molecule is [C-]#[N+]c1c(NC)nc(SCc2csc(-c3ccc(Cl)cc3)n2)c(C#N)c1C1=NCC=C1. The van der Waals surface area contributed by atoms with Gasteiger partial charge in [0, 0.05) is 34.3 Å². The Labute approximate surface area is 193 Å². The van der Waals surface area contributed by atoms with Crippen molar-refractivity contribution in [2.24, 2.45) is 4.99 Å². The second-order valence-corrected chi connectivity index (χ2v) is 8.66. The average molecular weight is 463 g/mol. The fourth-order valence-electron chi connectivity index (χ4n) is 3.07. The summed E-state index contributed by atoms with van der Waals surface area (Å²) in [6, 6.07) is 9.81. The van der Waals surface area contributed by atoms with E-state index in [2.05, 4.69) is 26.2 Å². The maximum atomic E-state index is 9.89. The molecule has 0 amide bonds. The van der Waals surface area contributed by atoms with Gasteiger partial charge in [0.1, 0.15) is 21.9 Å². The van der Waals surface area contributed by atoms with E-state index in [1.165, 1.54) is 11.8 Å². The van der Waals surface area contributed by atoms with E-state index >= 15 is 0 Å². The normalized spacial score (nSPS) is 12.3. The number of aliphatic imine (C=N–C) groups is 1. The lowest BCUT2D eigenvalue weighted by Gasteiger charge is -2.13. The van der Waals surface area contributed by atoms with Gasteiger partial charge in [-0.15, -0.1) is 11.3 Å². The molecule has 3 aromatic rings. The van der Waals surface area contributed by atoms with Gasteiger partial charge in [0.05, 0.1) is 30.1 Å². The van der Waals surface area contributed by atoms with E-state index in [1.807, 2.05) is 41.8 Å². The number of nitrogens with zero attached hydrogens (tertiary/aromatic N) is 5. The summed E-state index contributed by atoms with van der Waals surface area (Å²) in [4.78, 5) is 17.3. The van der Waals surface area contributed by atoms with E-state index in [0.717, 1.165) is 16.3 Å². The lowest BCUT2D eigenvalue weighted by molar-refractivity contribution is 1.10. The van der Waals surface area contributed by atoms with Gasteiger partial charge in [-0.1, -0.05) is 41.6 Å². The summed E-state index contributed by atoms with van der Waals surface area (Å²) in [5.41, 5.74) is 3.76. The van der Waals surface area contributed by atoms with Crippen LogP contribution >= 0.6 is 34.7 Å². The Morgan fingerprint density at radius 1 is 1.32 bits per heavy atom. The number of hydrogen-bond acceptors (Lipinski definition) is 7. The molecule has 1 aliphatic heterocycles. The summed E-state index contributed by atoms with van der Waals surface area (Å²) in [7, 11) is 1.71. The van der Waals surface area contributed by atoms with Gasteiger partial charge in [0.15, 0.2) is 0 Å². The zero-order chi connectivity index (χ0) is 21.8. The number of halogens is 1. The molecule has 1 aromatic carbocycles. The number of benzene rings is 1. The molecule has 0 bridgehead atoms. The topological polar surface area (TPSA) is 78.3 Å². The molecular formula is C22H15ClN6S2. The number of aromatic nitrogens is 2. The van der Waals surface area contributed by atoms with Crippen LogP contribution < -0.4 is 5.32 Å². The number of anilines is 1. The predicted molar refractivity (Wildman–Crippen MR) is 127 cm³/mol. The number of rotatable bonds is 6. The second-order valence-electron chi connectivity index (χ2n) is 6.41. The number of hydrogen-bond donors (Lipinski definition) is 1. The number of thiazole rings is 1. The van der Waals surface area contributed by atoms with Crippen LogP contribution in [0.5, 0.6) is 0 Å². The Morgan fingerprint density at radius 2 is 2.13 bits per heavy atom. The Morgan fingerprint density at radius 3 is 2.77 bits per heavy atom. The lowest BCUT2D eigenvalue weighted by atomic mass is 10.0. The van der Waals surface area contributed by atoms with Gasteiger partial charge in [-0.05, 0) is 18.2 Å². The minimum absolute atomic E-state index is 0.312. The second kappa shape index (κ2) is 9.32. The third-order valence-electron chi connectivity index (χ3n) is 4.50. The summed E-state index contributed by atoms with van der Waals surface area (Å²) in [6.45, 7) is 8.15.